The van der Waals surface area contributed by atoms with Gasteiger partial charge in [-0.25, -0.2) is 8.42 Å². The Labute approximate surface area is 191 Å². The van der Waals surface area contributed by atoms with E-state index in [0.29, 0.717) is 47.5 Å². The van der Waals surface area contributed by atoms with E-state index in [4.69, 9.17) is 4.52 Å². The molecule has 10 heteroatoms. The quantitative estimate of drug-likeness (QED) is 0.588. The molecular formula is C22H24N4O4S2. The van der Waals surface area contributed by atoms with Crippen molar-refractivity contribution in [2.45, 2.75) is 18.1 Å². The van der Waals surface area contributed by atoms with Crippen molar-refractivity contribution in [2.75, 3.05) is 36.4 Å². The average molecular weight is 473 g/mol. The monoisotopic (exact) mass is 472 g/mol. The molecule has 3 heterocycles. The zero-order valence-electron chi connectivity index (χ0n) is 17.8. The molecule has 168 valence electrons. The summed E-state index contributed by atoms with van der Waals surface area (Å²) >= 11 is 1.20. The Hall–Kier alpha value is -2.95. The highest BCUT2D eigenvalue weighted by Gasteiger charge is 2.29. The summed E-state index contributed by atoms with van der Waals surface area (Å²) in [7, 11) is -3.55. The molecule has 1 amide bonds. The van der Waals surface area contributed by atoms with Gasteiger partial charge in [0.1, 0.15) is 15.6 Å². The molecule has 0 bridgehead atoms. The van der Waals surface area contributed by atoms with Gasteiger partial charge in [-0.1, -0.05) is 23.4 Å². The van der Waals surface area contributed by atoms with Crippen molar-refractivity contribution in [3.63, 3.8) is 0 Å². The molecule has 0 spiro atoms. The van der Waals surface area contributed by atoms with Gasteiger partial charge in [0.2, 0.25) is 5.91 Å². The van der Waals surface area contributed by atoms with E-state index in [-0.39, 0.29) is 5.91 Å². The van der Waals surface area contributed by atoms with Crippen LogP contribution in [0.3, 0.4) is 0 Å². The fourth-order valence-electron chi connectivity index (χ4n) is 3.50. The Morgan fingerprint density at radius 2 is 1.81 bits per heavy atom. The highest BCUT2D eigenvalue weighted by Crippen LogP contribution is 2.29. The van der Waals surface area contributed by atoms with E-state index in [1.54, 1.807) is 35.5 Å². The van der Waals surface area contributed by atoms with Crippen LogP contribution in [0, 0.1) is 6.92 Å². The maximum atomic E-state index is 13.1. The maximum absolute atomic E-state index is 13.1. The maximum Gasteiger partial charge on any atom is 0.252 e. The van der Waals surface area contributed by atoms with Gasteiger partial charge in [0.15, 0.2) is 5.76 Å². The number of amides is 1. The first-order valence-electron chi connectivity index (χ1n) is 10.2. The molecule has 32 heavy (non-hydrogen) atoms. The molecule has 1 aliphatic heterocycles. The minimum absolute atomic E-state index is 0.220. The predicted molar refractivity (Wildman–Crippen MR) is 126 cm³/mol. The van der Waals surface area contributed by atoms with Crippen molar-refractivity contribution < 1.29 is 17.7 Å². The molecule has 2 aromatic heterocycles. The summed E-state index contributed by atoms with van der Waals surface area (Å²) in [4.78, 5) is 14.3. The second kappa shape index (κ2) is 9.27. The topological polar surface area (TPSA) is 95.8 Å². The Bertz CT molecular complexity index is 1220. The number of anilines is 2. The van der Waals surface area contributed by atoms with Crippen LogP contribution in [0.5, 0.6) is 0 Å². The number of thiophene rings is 1. The third-order valence-electron chi connectivity index (χ3n) is 5.15. The lowest BCUT2D eigenvalue weighted by atomic mass is 10.2. The van der Waals surface area contributed by atoms with Crippen LogP contribution in [0.1, 0.15) is 23.3 Å². The van der Waals surface area contributed by atoms with Gasteiger partial charge < -0.3 is 14.7 Å². The SMILES string of the molecule is CC(=O)Nc1c(C)noc1C=Cc1ccc(S(=O)(=O)N2CCN(c3ccccc3)CC2)s1. The van der Waals surface area contributed by atoms with Gasteiger partial charge in [-0.3, -0.25) is 4.79 Å². The third-order valence-corrected chi connectivity index (χ3v) is 8.56. The van der Waals surface area contributed by atoms with Gasteiger partial charge in [-0.2, -0.15) is 4.31 Å². The fourth-order valence-corrected chi connectivity index (χ4v) is 6.31. The number of aryl methyl sites for hydroxylation is 1. The van der Waals surface area contributed by atoms with Gasteiger partial charge in [0, 0.05) is 43.7 Å². The third kappa shape index (κ3) is 4.77. The van der Waals surface area contributed by atoms with Crippen molar-refractivity contribution in [3.8, 4) is 0 Å². The molecule has 1 aromatic carbocycles. The number of sulfonamides is 1. The van der Waals surface area contributed by atoms with Crippen LogP contribution in [0.2, 0.25) is 0 Å². The van der Waals surface area contributed by atoms with Crippen LogP contribution in [-0.2, 0) is 14.8 Å². The van der Waals surface area contributed by atoms with E-state index < -0.39 is 10.0 Å². The lowest BCUT2D eigenvalue weighted by Gasteiger charge is -2.35. The first-order valence-corrected chi connectivity index (χ1v) is 12.4. The summed E-state index contributed by atoms with van der Waals surface area (Å²) in [5, 5.41) is 6.57. The number of carbonyl (C=O) groups excluding carboxylic acids is 1. The lowest BCUT2D eigenvalue weighted by Crippen LogP contribution is -2.48. The summed E-state index contributed by atoms with van der Waals surface area (Å²) in [5.74, 6) is 0.190. The predicted octanol–water partition coefficient (Wildman–Crippen LogP) is 3.68. The first-order chi connectivity index (χ1) is 15.3. The van der Waals surface area contributed by atoms with Crippen molar-refractivity contribution >= 4 is 50.8 Å². The highest BCUT2D eigenvalue weighted by atomic mass is 32.2. The van der Waals surface area contributed by atoms with E-state index in [9.17, 15) is 13.2 Å². The molecule has 3 aromatic rings. The number of nitrogens with zero attached hydrogens (tertiary/aromatic N) is 3. The summed E-state index contributed by atoms with van der Waals surface area (Å²) in [6, 6.07) is 13.4. The summed E-state index contributed by atoms with van der Waals surface area (Å²) in [6.45, 7) is 5.33. The fraction of sp³-hybridized carbons (Fsp3) is 0.273. The van der Waals surface area contributed by atoms with Crippen molar-refractivity contribution in [1.82, 2.24) is 9.46 Å². The number of carbonyl (C=O) groups is 1. The Morgan fingerprint density at radius 3 is 2.50 bits per heavy atom. The number of hydrogen-bond donors (Lipinski definition) is 1. The molecule has 0 aliphatic carbocycles. The Morgan fingerprint density at radius 1 is 1.09 bits per heavy atom. The molecule has 0 saturated carbocycles. The standard InChI is InChI=1S/C22H24N4O4S2/c1-16-22(23-17(2)27)20(30-24-16)10-8-19-9-11-21(31-19)32(28,29)26-14-12-25(13-15-26)18-6-4-3-5-7-18/h3-11H,12-15H2,1-2H3,(H,23,27). The summed E-state index contributed by atoms with van der Waals surface area (Å²) < 4.78 is 33.3. The number of para-hydroxylation sites is 1. The highest BCUT2D eigenvalue weighted by molar-refractivity contribution is 7.91. The molecule has 0 unspecified atom stereocenters. The number of benzene rings is 1. The molecule has 1 saturated heterocycles. The average Bonchev–Trinajstić information content (AvgIpc) is 3.40. The second-order valence-electron chi connectivity index (χ2n) is 7.41. The van der Waals surface area contributed by atoms with E-state index in [2.05, 4.69) is 15.4 Å². The van der Waals surface area contributed by atoms with Crippen LogP contribution < -0.4 is 10.2 Å². The number of aromatic nitrogens is 1. The molecule has 1 N–H and O–H groups in total. The first kappa shape index (κ1) is 22.3. The molecule has 1 fully saturated rings. The van der Waals surface area contributed by atoms with Crippen LogP contribution in [-0.4, -0.2) is 50.0 Å². The summed E-state index contributed by atoms with van der Waals surface area (Å²) in [5.41, 5.74) is 2.19. The number of hydrogen-bond acceptors (Lipinski definition) is 7. The van der Waals surface area contributed by atoms with Gasteiger partial charge in [-0.05, 0) is 43.3 Å². The molecule has 0 radical (unpaired) electrons. The van der Waals surface area contributed by atoms with Gasteiger partial charge in [0.05, 0.1) is 0 Å². The second-order valence-corrected chi connectivity index (χ2v) is 10.7. The molecule has 0 atom stereocenters. The van der Waals surface area contributed by atoms with Crippen molar-refractivity contribution in [1.29, 1.82) is 0 Å². The molecule has 1 aliphatic rings. The van der Waals surface area contributed by atoms with Crippen LogP contribution in [0.15, 0.2) is 51.2 Å². The van der Waals surface area contributed by atoms with E-state index in [1.165, 1.54) is 18.3 Å². The lowest BCUT2D eigenvalue weighted by molar-refractivity contribution is -0.114. The van der Waals surface area contributed by atoms with Crippen molar-refractivity contribution in [3.05, 3.63) is 58.8 Å². The molecule has 4 rings (SSSR count). The number of nitrogens with one attached hydrogen (secondary N) is 1. The Kier molecular flexibility index (Phi) is 6.45. The van der Waals surface area contributed by atoms with Gasteiger partial charge in [-0.15, -0.1) is 11.3 Å². The zero-order valence-corrected chi connectivity index (χ0v) is 19.4. The van der Waals surface area contributed by atoms with Crippen LogP contribution in [0.25, 0.3) is 12.2 Å². The largest absolute Gasteiger partial charge is 0.369 e. The zero-order chi connectivity index (χ0) is 22.7. The minimum Gasteiger partial charge on any atom is -0.369 e. The Balaban J connectivity index is 1.44. The minimum atomic E-state index is -3.55. The van der Waals surface area contributed by atoms with E-state index in [0.717, 1.165) is 10.6 Å². The molecular weight excluding hydrogens is 448 g/mol. The van der Waals surface area contributed by atoms with Crippen molar-refractivity contribution in [2.24, 2.45) is 0 Å². The van der Waals surface area contributed by atoms with Gasteiger partial charge in [0.25, 0.3) is 10.0 Å². The number of rotatable bonds is 6. The summed E-state index contributed by atoms with van der Waals surface area (Å²) in [6.07, 6.45) is 3.43. The van der Waals surface area contributed by atoms with Crippen LogP contribution >= 0.6 is 11.3 Å². The number of piperazine rings is 1. The van der Waals surface area contributed by atoms with Crippen LogP contribution in [0.4, 0.5) is 11.4 Å². The smallest absolute Gasteiger partial charge is 0.252 e. The van der Waals surface area contributed by atoms with Gasteiger partial charge >= 0.3 is 0 Å². The molecule has 8 nitrogen and oxygen atoms in total. The van der Waals surface area contributed by atoms with E-state index >= 15 is 0 Å². The van der Waals surface area contributed by atoms with E-state index in [1.807, 2.05) is 30.3 Å². The normalized spacial score (nSPS) is 15.4.